The highest BCUT2D eigenvalue weighted by Gasteiger charge is 2.19. The first-order chi connectivity index (χ1) is 11.8. The van der Waals surface area contributed by atoms with E-state index >= 15 is 0 Å². The number of nitrogens with one attached hydrogen (secondary N) is 1. The number of hydrogen-bond donors (Lipinski definition) is 2. The molecule has 3 N–H and O–H groups in total. The van der Waals surface area contributed by atoms with Crippen LogP contribution in [-0.2, 0) is 12.8 Å². The summed E-state index contributed by atoms with van der Waals surface area (Å²) in [6.07, 6.45) is 7.28. The minimum atomic E-state index is 0.344. The molecule has 0 atom stereocenters. The van der Waals surface area contributed by atoms with E-state index in [0.29, 0.717) is 22.9 Å². The lowest BCUT2D eigenvalue weighted by Gasteiger charge is -2.08. The Balaban J connectivity index is 1.70. The molecule has 0 radical (unpaired) electrons. The predicted molar refractivity (Wildman–Crippen MR) is 88.0 cm³/mol. The molecule has 1 aliphatic carbocycles. The molecule has 3 heterocycles. The fraction of sp³-hybridized carbons (Fsp3) is 0.188. The van der Waals surface area contributed by atoms with Crippen LogP contribution in [0.15, 0.2) is 30.6 Å². The number of tetrazole rings is 1. The number of nitrogen functional groups attached to an aromatic ring is 1. The van der Waals surface area contributed by atoms with Gasteiger partial charge in [0, 0.05) is 18.0 Å². The van der Waals surface area contributed by atoms with E-state index in [-0.39, 0.29) is 0 Å². The maximum atomic E-state index is 6.04. The van der Waals surface area contributed by atoms with Gasteiger partial charge in [-0.25, -0.2) is 14.6 Å². The van der Waals surface area contributed by atoms with Gasteiger partial charge in [0.05, 0.1) is 0 Å². The van der Waals surface area contributed by atoms with Crippen molar-refractivity contribution < 1.29 is 0 Å². The molecule has 0 fully saturated rings. The summed E-state index contributed by atoms with van der Waals surface area (Å²) >= 11 is 0. The number of fused-ring (bicyclic) bond motifs is 2. The van der Waals surface area contributed by atoms with E-state index in [0.717, 1.165) is 18.4 Å². The Bertz CT molecular complexity index is 1050. The number of rotatable bonds is 2. The monoisotopic (exact) mass is 318 g/mol. The highest BCUT2D eigenvalue weighted by atomic mass is 15.5. The van der Waals surface area contributed by atoms with Gasteiger partial charge in [0.15, 0.2) is 17.3 Å². The molecule has 0 aliphatic heterocycles. The Hall–Kier alpha value is -3.29. The lowest BCUT2D eigenvalue weighted by atomic mass is 9.99. The zero-order chi connectivity index (χ0) is 16.1. The molecule has 4 aromatic rings. The molecule has 8 nitrogen and oxygen atoms in total. The molecule has 0 spiro atoms. The summed E-state index contributed by atoms with van der Waals surface area (Å²) in [5.41, 5.74) is 12.4. The molecule has 0 unspecified atom stereocenters. The van der Waals surface area contributed by atoms with Gasteiger partial charge in [-0.05, 0) is 46.4 Å². The summed E-state index contributed by atoms with van der Waals surface area (Å²) in [5, 5.41) is 18.2. The van der Waals surface area contributed by atoms with E-state index < -0.39 is 0 Å². The topological polar surface area (TPSA) is 111 Å². The van der Waals surface area contributed by atoms with Crippen LogP contribution in [0.5, 0.6) is 0 Å². The van der Waals surface area contributed by atoms with Crippen LogP contribution in [-0.4, -0.2) is 35.2 Å². The Kier molecular flexibility index (Phi) is 2.66. The Morgan fingerprint density at radius 2 is 2.17 bits per heavy atom. The van der Waals surface area contributed by atoms with Crippen molar-refractivity contribution in [3.63, 3.8) is 0 Å². The number of nitrogens with zero attached hydrogens (tertiary/aromatic N) is 6. The summed E-state index contributed by atoms with van der Waals surface area (Å²) in [4.78, 5) is 4.56. The molecule has 0 bridgehead atoms. The minimum Gasteiger partial charge on any atom is -0.382 e. The summed E-state index contributed by atoms with van der Waals surface area (Å²) in [5.74, 6) is 0.805. The van der Waals surface area contributed by atoms with E-state index in [1.807, 2.05) is 12.4 Å². The van der Waals surface area contributed by atoms with Gasteiger partial charge in [0.2, 0.25) is 0 Å². The first kappa shape index (κ1) is 13.2. The molecule has 1 aliphatic rings. The SMILES string of the molecule is Nc1nn2cc(-c3cccc4c3CCC4)cnc2c1-c1nnn[nH]1. The molecule has 1 aromatic carbocycles. The van der Waals surface area contributed by atoms with Gasteiger partial charge < -0.3 is 5.73 Å². The minimum absolute atomic E-state index is 0.344. The van der Waals surface area contributed by atoms with Crippen LogP contribution in [0.3, 0.4) is 0 Å². The lowest BCUT2D eigenvalue weighted by molar-refractivity contribution is 0.881. The van der Waals surface area contributed by atoms with Crippen molar-refractivity contribution in [3.8, 4) is 22.5 Å². The second kappa shape index (κ2) is 4.85. The number of aromatic nitrogens is 7. The van der Waals surface area contributed by atoms with Crippen molar-refractivity contribution in [2.24, 2.45) is 0 Å². The highest BCUT2D eigenvalue weighted by molar-refractivity contribution is 5.83. The highest BCUT2D eigenvalue weighted by Crippen LogP contribution is 2.33. The van der Waals surface area contributed by atoms with Gasteiger partial charge in [-0.1, -0.05) is 18.2 Å². The van der Waals surface area contributed by atoms with Crippen LogP contribution in [0.25, 0.3) is 28.2 Å². The number of hydrogen-bond acceptors (Lipinski definition) is 6. The smallest absolute Gasteiger partial charge is 0.187 e. The fourth-order valence-corrected chi connectivity index (χ4v) is 3.47. The van der Waals surface area contributed by atoms with Crippen LogP contribution < -0.4 is 5.73 Å². The molecule has 0 saturated carbocycles. The number of anilines is 1. The lowest BCUT2D eigenvalue weighted by Crippen LogP contribution is -1.95. The van der Waals surface area contributed by atoms with E-state index in [4.69, 9.17) is 5.73 Å². The third-order valence-corrected chi connectivity index (χ3v) is 4.54. The van der Waals surface area contributed by atoms with Crippen LogP contribution in [0.2, 0.25) is 0 Å². The Labute approximate surface area is 136 Å². The van der Waals surface area contributed by atoms with Crippen molar-refractivity contribution in [1.29, 1.82) is 0 Å². The van der Waals surface area contributed by atoms with Crippen molar-refractivity contribution in [2.45, 2.75) is 19.3 Å². The fourth-order valence-electron chi connectivity index (χ4n) is 3.47. The standard InChI is InChI=1S/C16H14N8/c17-14-13(15-19-22-23-20-15)16-18-7-10(8-24(16)21-14)12-6-2-4-9-3-1-5-11(9)12/h2,4,6-8H,1,3,5H2,(H2,17,21)(H,19,20,22,23). The summed E-state index contributed by atoms with van der Waals surface area (Å²) in [6, 6.07) is 6.45. The number of H-pyrrole nitrogens is 1. The summed E-state index contributed by atoms with van der Waals surface area (Å²) in [7, 11) is 0. The zero-order valence-electron chi connectivity index (χ0n) is 12.8. The van der Waals surface area contributed by atoms with Crippen LogP contribution in [0.1, 0.15) is 17.5 Å². The number of aryl methyl sites for hydroxylation is 1. The maximum Gasteiger partial charge on any atom is 0.187 e. The van der Waals surface area contributed by atoms with Gasteiger partial charge >= 0.3 is 0 Å². The van der Waals surface area contributed by atoms with Crippen molar-refractivity contribution in [3.05, 3.63) is 41.7 Å². The number of aromatic amines is 1. The zero-order valence-corrected chi connectivity index (χ0v) is 12.8. The Morgan fingerprint density at radius 3 is 3.04 bits per heavy atom. The average Bonchev–Trinajstić information content (AvgIpc) is 3.32. The molecular formula is C16H14N8. The number of benzene rings is 1. The van der Waals surface area contributed by atoms with Crippen LogP contribution in [0.4, 0.5) is 5.82 Å². The largest absolute Gasteiger partial charge is 0.382 e. The van der Waals surface area contributed by atoms with Crippen molar-refractivity contribution >= 4 is 11.5 Å². The summed E-state index contributed by atoms with van der Waals surface area (Å²) < 4.78 is 1.69. The molecule has 24 heavy (non-hydrogen) atoms. The first-order valence-corrected chi connectivity index (χ1v) is 7.80. The van der Waals surface area contributed by atoms with E-state index in [1.165, 1.54) is 23.1 Å². The van der Waals surface area contributed by atoms with Gasteiger partial charge in [0.25, 0.3) is 0 Å². The molecule has 0 amide bonds. The van der Waals surface area contributed by atoms with E-state index in [1.54, 1.807) is 4.52 Å². The molecule has 8 heteroatoms. The van der Waals surface area contributed by atoms with Gasteiger partial charge in [-0.3, -0.25) is 0 Å². The quantitative estimate of drug-likeness (QED) is 0.581. The molecule has 3 aromatic heterocycles. The predicted octanol–water partition coefficient (Wildman–Crippen LogP) is 1.65. The number of nitrogens with two attached hydrogens (primary N) is 1. The van der Waals surface area contributed by atoms with Gasteiger partial charge in [0.1, 0.15) is 5.56 Å². The third-order valence-electron chi connectivity index (χ3n) is 4.54. The van der Waals surface area contributed by atoms with Crippen molar-refractivity contribution in [2.75, 3.05) is 5.73 Å². The normalized spacial score (nSPS) is 13.5. The molecular weight excluding hydrogens is 304 g/mol. The molecule has 0 saturated heterocycles. The first-order valence-electron chi connectivity index (χ1n) is 7.80. The van der Waals surface area contributed by atoms with Gasteiger partial charge in [-0.2, -0.15) is 0 Å². The van der Waals surface area contributed by atoms with Gasteiger partial charge in [-0.15, -0.1) is 10.2 Å². The van der Waals surface area contributed by atoms with E-state index in [9.17, 15) is 0 Å². The maximum absolute atomic E-state index is 6.04. The van der Waals surface area contributed by atoms with Crippen LogP contribution in [0, 0.1) is 0 Å². The molecule has 5 rings (SSSR count). The summed E-state index contributed by atoms with van der Waals surface area (Å²) in [6.45, 7) is 0. The molecule has 118 valence electrons. The Morgan fingerprint density at radius 1 is 1.21 bits per heavy atom. The third kappa shape index (κ3) is 1.82. The average molecular weight is 318 g/mol. The van der Waals surface area contributed by atoms with Crippen LogP contribution >= 0.6 is 0 Å². The second-order valence-corrected chi connectivity index (χ2v) is 5.92. The van der Waals surface area contributed by atoms with Crippen molar-refractivity contribution in [1.82, 2.24) is 35.2 Å². The second-order valence-electron chi connectivity index (χ2n) is 5.92. The van der Waals surface area contributed by atoms with E-state index in [2.05, 4.69) is 48.9 Å².